The number of amidine groups is 1. The highest BCUT2D eigenvalue weighted by Crippen LogP contribution is 2.25. The zero-order valence-corrected chi connectivity index (χ0v) is 10.2. The lowest BCUT2D eigenvalue weighted by Crippen LogP contribution is -2.15. The molecule has 0 aromatic carbocycles. The number of halogens is 1. The average Bonchev–Trinajstić information content (AvgIpc) is 2.19. The van der Waals surface area contributed by atoms with Crippen LogP contribution in [0.15, 0.2) is 6.08 Å². The SMILES string of the molecule is CN(C)c1nc(N)c(C(O)=CC(=N)N)nc1Cl. The standard InChI is InChI=1S/C9H13ClN6O/c1-16(2)9-7(10)14-6(8(13)15-9)4(17)3-5(11)12/h3,17H,1-2H3,(H3,11,12)(H2,13,15). The van der Waals surface area contributed by atoms with Crippen LogP contribution in [0.25, 0.3) is 5.76 Å². The van der Waals surface area contributed by atoms with Crippen LogP contribution in [0.2, 0.25) is 5.15 Å². The van der Waals surface area contributed by atoms with Crippen LogP contribution in [0, 0.1) is 5.41 Å². The third-order valence-electron chi connectivity index (χ3n) is 1.82. The molecule has 0 bridgehead atoms. The van der Waals surface area contributed by atoms with Crippen molar-refractivity contribution in [2.45, 2.75) is 0 Å². The number of nitrogen functional groups attached to an aromatic ring is 1. The first kappa shape index (κ1) is 13.0. The molecule has 1 aromatic heterocycles. The minimum atomic E-state index is -0.352. The molecular formula is C9H13ClN6O. The molecule has 0 unspecified atom stereocenters. The summed E-state index contributed by atoms with van der Waals surface area (Å²) in [4.78, 5) is 9.55. The summed E-state index contributed by atoms with van der Waals surface area (Å²) >= 11 is 5.88. The van der Waals surface area contributed by atoms with E-state index in [-0.39, 0.29) is 28.3 Å². The number of hydrogen-bond donors (Lipinski definition) is 4. The van der Waals surface area contributed by atoms with Crippen LogP contribution in [-0.2, 0) is 0 Å². The van der Waals surface area contributed by atoms with Crippen molar-refractivity contribution >= 4 is 34.8 Å². The molecule has 1 rings (SSSR count). The number of aromatic nitrogens is 2. The number of anilines is 2. The van der Waals surface area contributed by atoms with Gasteiger partial charge < -0.3 is 21.5 Å². The summed E-state index contributed by atoms with van der Waals surface area (Å²) in [7, 11) is 3.47. The number of nitrogens with one attached hydrogen (secondary N) is 1. The van der Waals surface area contributed by atoms with E-state index >= 15 is 0 Å². The van der Waals surface area contributed by atoms with Gasteiger partial charge in [-0.2, -0.15) is 0 Å². The Morgan fingerprint density at radius 3 is 2.53 bits per heavy atom. The molecular weight excluding hydrogens is 244 g/mol. The molecule has 0 aliphatic carbocycles. The Balaban J connectivity index is 3.30. The van der Waals surface area contributed by atoms with Gasteiger partial charge in [0.15, 0.2) is 16.8 Å². The molecule has 0 radical (unpaired) electrons. The third-order valence-corrected chi connectivity index (χ3v) is 2.08. The van der Waals surface area contributed by atoms with Crippen molar-refractivity contribution < 1.29 is 5.11 Å². The van der Waals surface area contributed by atoms with E-state index in [0.717, 1.165) is 6.08 Å². The molecule has 8 heteroatoms. The molecule has 1 heterocycles. The van der Waals surface area contributed by atoms with Gasteiger partial charge in [0.25, 0.3) is 0 Å². The Morgan fingerprint density at radius 2 is 2.06 bits per heavy atom. The quantitative estimate of drug-likeness (QED) is 0.357. The fourth-order valence-electron chi connectivity index (χ4n) is 1.11. The minimum Gasteiger partial charge on any atom is -0.505 e. The van der Waals surface area contributed by atoms with E-state index in [2.05, 4.69) is 9.97 Å². The van der Waals surface area contributed by atoms with Crippen LogP contribution in [0.5, 0.6) is 0 Å². The Hall–Kier alpha value is -2.02. The van der Waals surface area contributed by atoms with Crippen LogP contribution in [0.3, 0.4) is 0 Å². The first-order valence-electron chi connectivity index (χ1n) is 4.58. The van der Waals surface area contributed by atoms with Gasteiger partial charge in [0.05, 0.1) is 0 Å². The van der Waals surface area contributed by atoms with Gasteiger partial charge in [-0.05, 0) is 0 Å². The van der Waals surface area contributed by atoms with Crippen LogP contribution >= 0.6 is 11.6 Å². The Morgan fingerprint density at radius 1 is 1.47 bits per heavy atom. The maximum absolute atomic E-state index is 9.61. The maximum Gasteiger partial charge on any atom is 0.172 e. The van der Waals surface area contributed by atoms with Gasteiger partial charge in [-0.15, -0.1) is 0 Å². The van der Waals surface area contributed by atoms with Crippen LogP contribution < -0.4 is 16.4 Å². The molecule has 0 aliphatic heterocycles. The van der Waals surface area contributed by atoms with Crippen LogP contribution in [0.4, 0.5) is 11.6 Å². The van der Waals surface area contributed by atoms with Crippen molar-refractivity contribution in [1.82, 2.24) is 9.97 Å². The fourth-order valence-corrected chi connectivity index (χ4v) is 1.40. The second kappa shape index (κ2) is 4.88. The van der Waals surface area contributed by atoms with E-state index in [9.17, 15) is 5.11 Å². The molecule has 0 amide bonds. The normalized spacial score (nSPS) is 11.4. The highest BCUT2D eigenvalue weighted by molar-refractivity contribution is 6.31. The van der Waals surface area contributed by atoms with Crippen molar-refractivity contribution in [2.75, 3.05) is 24.7 Å². The predicted molar refractivity (Wildman–Crippen MR) is 68.3 cm³/mol. The van der Waals surface area contributed by atoms with E-state index in [0.29, 0.717) is 5.82 Å². The lowest BCUT2D eigenvalue weighted by molar-refractivity contribution is 0.509. The number of nitrogens with two attached hydrogens (primary N) is 2. The van der Waals surface area contributed by atoms with E-state index in [1.54, 1.807) is 19.0 Å². The van der Waals surface area contributed by atoms with Crippen LogP contribution in [0.1, 0.15) is 5.69 Å². The van der Waals surface area contributed by atoms with Crippen molar-refractivity contribution in [2.24, 2.45) is 5.73 Å². The average molecular weight is 257 g/mol. The topological polar surface area (TPSA) is 125 Å². The molecule has 1 aromatic rings. The Kier molecular flexibility index (Phi) is 3.74. The van der Waals surface area contributed by atoms with E-state index in [1.165, 1.54) is 0 Å². The smallest absolute Gasteiger partial charge is 0.172 e. The van der Waals surface area contributed by atoms with Crippen molar-refractivity contribution in [3.05, 3.63) is 16.9 Å². The van der Waals surface area contributed by atoms with Gasteiger partial charge >= 0.3 is 0 Å². The highest BCUT2D eigenvalue weighted by atomic mass is 35.5. The second-order valence-corrected chi connectivity index (χ2v) is 3.81. The zero-order valence-electron chi connectivity index (χ0n) is 9.40. The Labute approximate surface area is 103 Å². The summed E-state index contributed by atoms with van der Waals surface area (Å²) in [5.74, 6) is -0.275. The van der Waals surface area contributed by atoms with Crippen LogP contribution in [-0.4, -0.2) is 35.0 Å². The Bertz CT molecular complexity index is 485. The monoisotopic (exact) mass is 256 g/mol. The summed E-state index contributed by atoms with van der Waals surface area (Å²) < 4.78 is 0. The molecule has 6 N–H and O–H groups in total. The summed E-state index contributed by atoms with van der Waals surface area (Å²) in [5.41, 5.74) is 10.7. The summed E-state index contributed by atoms with van der Waals surface area (Å²) in [5, 5.41) is 16.7. The second-order valence-electron chi connectivity index (χ2n) is 3.45. The molecule has 0 fully saturated rings. The molecule has 0 saturated carbocycles. The molecule has 7 nitrogen and oxygen atoms in total. The third kappa shape index (κ3) is 2.97. The first-order chi connectivity index (χ1) is 7.82. The molecule has 17 heavy (non-hydrogen) atoms. The predicted octanol–water partition coefficient (Wildman–Crippen LogP) is 0.613. The molecule has 0 atom stereocenters. The van der Waals surface area contributed by atoms with Crippen molar-refractivity contribution in [3.63, 3.8) is 0 Å². The van der Waals surface area contributed by atoms with Crippen molar-refractivity contribution in [3.8, 4) is 0 Å². The molecule has 0 saturated heterocycles. The first-order valence-corrected chi connectivity index (χ1v) is 4.96. The summed E-state index contributed by atoms with van der Waals surface area (Å²) in [6, 6.07) is 0. The number of hydrogen-bond acceptors (Lipinski definition) is 6. The highest BCUT2D eigenvalue weighted by Gasteiger charge is 2.14. The van der Waals surface area contributed by atoms with Gasteiger partial charge in [0.2, 0.25) is 0 Å². The van der Waals surface area contributed by atoms with E-state index in [1.807, 2.05) is 0 Å². The number of aliphatic hydroxyl groups excluding tert-OH is 1. The zero-order chi connectivity index (χ0) is 13.2. The van der Waals surface area contributed by atoms with Gasteiger partial charge in [-0.25, -0.2) is 9.97 Å². The largest absolute Gasteiger partial charge is 0.505 e. The number of nitrogens with zero attached hydrogens (tertiary/aromatic N) is 3. The fraction of sp³-hybridized carbons (Fsp3) is 0.222. The summed E-state index contributed by atoms with van der Waals surface area (Å²) in [6.07, 6.45) is 1.01. The minimum absolute atomic E-state index is 0.00389. The molecule has 0 spiro atoms. The van der Waals surface area contributed by atoms with E-state index < -0.39 is 0 Å². The lowest BCUT2D eigenvalue weighted by atomic mass is 10.3. The number of rotatable bonds is 3. The van der Waals surface area contributed by atoms with Crippen molar-refractivity contribution in [1.29, 1.82) is 5.41 Å². The lowest BCUT2D eigenvalue weighted by Gasteiger charge is -2.14. The van der Waals surface area contributed by atoms with Gasteiger partial charge in [-0.1, -0.05) is 11.6 Å². The van der Waals surface area contributed by atoms with E-state index in [4.69, 9.17) is 28.5 Å². The number of aliphatic hydroxyl groups is 1. The molecule has 0 aliphatic rings. The molecule has 92 valence electrons. The van der Waals surface area contributed by atoms with Gasteiger partial charge in [-0.3, -0.25) is 5.41 Å². The van der Waals surface area contributed by atoms with Gasteiger partial charge in [0, 0.05) is 20.2 Å². The van der Waals surface area contributed by atoms with Gasteiger partial charge in [0.1, 0.15) is 17.3 Å². The summed E-state index contributed by atoms with van der Waals surface area (Å²) in [6.45, 7) is 0. The maximum atomic E-state index is 9.61.